The number of ether oxygens (including phenoxy) is 1. The fraction of sp³-hybridized carbons (Fsp3) is 0.154. The van der Waals surface area contributed by atoms with E-state index in [0.717, 1.165) is 22.3 Å². The predicted molar refractivity (Wildman–Crippen MR) is 71.2 cm³/mol. The molecular weight excluding hydrogens is 280 g/mol. The van der Waals surface area contributed by atoms with E-state index >= 15 is 0 Å². The van der Waals surface area contributed by atoms with Crippen LogP contribution in [0.2, 0.25) is 0 Å². The van der Waals surface area contributed by atoms with Crippen molar-refractivity contribution in [3.8, 4) is 11.6 Å². The first-order chi connectivity index (χ1) is 8.28. The lowest BCUT2D eigenvalue weighted by molar-refractivity contribution is 0.462. The Morgan fingerprint density at radius 3 is 2.53 bits per heavy atom. The molecule has 0 spiro atoms. The lowest BCUT2D eigenvalue weighted by Crippen LogP contribution is -2.05. The fourth-order valence-electron chi connectivity index (χ4n) is 1.40. The molecule has 0 aliphatic carbocycles. The quantitative estimate of drug-likeness (QED) is 0.938. The average molecular weight is 293 g/mol. The molecule has 0 bridgehead atoms. The van der Waals surface area contributed by atoms with E-state index in [2.05, 4.69) is 26.2 Å². The van der Waals surface area contributed by atoms with Gasteiger partial charge in [-0.2, -0.15) is 0 Å². The van der Waals surface area contributed by atoms with Gasteiger partial charge in [0.15, 0.2) is 0 Å². The van der Waals surface area contributed by atoms with E-state index in [0.29, 0.717) is 5.88 Å². The Morgan fingerprint density at radius 2 is 1.94 bits per heavy atom. The van der Waals surface area contributed by atoms with Gasteiger partial charge < -0.3 is 10.1 Å². The van der Waals surface area contributed by atoms with Gasteiger partial charge in [-0.3, -0.25) is 0 Å². The van der Waals surface area contributed by atoms with Gasteiger partial charge in [-0.15, -0.1) is 0 Å². The van der Waals surface area contributed by atoms with Crippen LogP contribution in [0.1, 0.15) is 5.56 Å². The largest absolute Gasteiger partial charge is 0.439 e. The van der Waals surface area contributed by atoms with Gasteiger partial charge in [0.25, 0.3) is 0 Å². The predicted octanol–water partition coefficient (Wildman–Crippen LogP) is 3.36. The van der Waals surface area contributed by atoms with Crippen molar-refractivity contribution in [2.24, 2.45) is 0 Å². The first kappa shape index (κ1) is 12.1. The number of nitrogens with one attached hydrogen (secondary N) is 1. The minimum atomic E-state index is 0.604. The summed E-state index contributed by atoms with van der Waals surface area (Å²) in [4.78, 5) is 4.24. The monoisotopic (exact) mass is 292 g/mol. The van der Waals surface area contributed by atoms with Gasteiger partial charge in [-0.1, -0.05) is 22.0 Å². The van der Waals surface area contributed by atoms with Crippen LogP contribution in [0.3, 0.4) is 0 Å². The topological polar surface area (TPSA) is 34.1 Å². The summed E-state index contributed by atoms with van der Waals surface area (Å²) in [6, 6.07) is 11.5. The molecular formula is C13H13BrN2O. The van der Waals surface area contributed by atoms with Gasteiger partial charge >= 0.3 is 0 Å². The summed E-state index contributed by atoms with van der Waals surface area (Å²) in [5.74, 6) is 1.38. The number of pyridine rings is 1. The number of halogens is 1. The molecule has 1 aromatic heterocycles. The SMILES string of the molecule is CNCc1ccc(Oc2ccc(Br)cc2)nc1. The molecule has 88 valence electrons. The van der Waals surface area contributed by atoms with E-state index in [1.807, 2.05) is 49.6 Å². The maximum absolute atomic E-state index is 5.61. The number of rotatable bonds is 4. The highest BCUT2D eigenvalue weighted by Crippen LogP contribution is 2.21. The molecule has 4 heteroatoms. The van der Waals surface area contributed by atoms with Crippen molar-refractivity contribution in [1.29, 1.82) is 0 Å². The average Bonchev–Trinajstić information content (AvgIpc) is 2.35. The molecule has 0 atom stereocenters. The van der Waals surface area contributed by atoms with Gasteiger partial charge in [-0.25, -0.2) is 4.98 Å². The molecule has 0 aliphatic heterocycles. The summed E-state index contributed by atoms with van der Waals surface area (Å²) in [6.07, 6.45) is 1.81. The van der Waals surface area contributed by atoms with Crippen molar-refractivity contribution in [2.75, 3.05) is 7.05 Å². The van der Waals surface area contributed by atoms with Crippen LogP contribution < -0.4 is 10.1 Å². The summed E-state index contributed by atoms with van der Waals surface area (Å²) in [5.41, 5.74) is 1.13. The summed E-state index contributed by atoms with van der Waals surface area (Å²) in [7, 11) is 1.91. The minimum Gasteiger partial charge on any atom is -0.439 e. The van der Waals surface area contributed by atoms with Crippen molar-refractivity contribution in [3.63, 3.8) is 0 Å². The third-order valence-corrected chi connectivity index (χ3v) is 2.74. The lowest BCUT2D eigenvalue weighted by Gasteiger charge is -2.05. The normalized spacial score (nSPS) is 10.2. The number of hydrogen-bond acceptors (Lipinski definition) is 3. The second kappa shape index (κ2) is 5.80. The molecule has 1 heterocycles. The Hall–Kier alpha value is -1.39. The van der Waals surface area contributed by atoms with Crippen LogP contribution in [0.4, 0.5) is 0 Å². The Morgan fingerprint density at radius 1 is 1.18 bits per heavy atom. The van der Waals surface area contributed by atoms with Crippen molar-refractivity contribution in [2.45, 2.75) is 6.54 Å². The first-order valence-corrected chi connectivity index (χ1v) is 6.10. The van der Waals surface area contributed by atoms with E-state index in [4.69, 9.17) is 4.74 Å². The van der Waals surface area contributed by atoms with Gasteiger partial charge in [0.1, 0.15) is 5.75 Å². The lowest BCUT2D eigenvalue weighted by atomic mass is 10.3. The Kier molecular flexibility index (Phi) is 4.12. The van der Waals surface area contributed by atoms with Gasteiger partial charge in [-0.05, 0) is 36.9 Å². The van der Waals surface area contributed by atoms with Crippen molar-refractivity contribution in [1.82, 2.24) is 10.3 Å². The molecule has 0 saturated carbocycles. The number of hydrogen-bond donors (Lipinski definition) is 1. The van der Waals surface area contributed by atoms with E-state index in [1.165, 1.54) is 0 Å². The zero-order chi connectivity index (χ0) is 12.1. The minimum absolute atomic E-state index is 0.604. The number of benzene rings is 1. The fourth-order valence-corrected chi connectivity index (χ4v) is 1.67. The molecule has 0 fully saturated rings. The van der Waals surface area contributed by atoms with Crippen LogP contribution in [-0.2, 0) is 6.54 Å². The standard InChI is InChI=1S/C13H13BrN2O/c1-15-8-10-2-7-13(16-9-10)17-12-5-3-11(14)4-6-12/h2-7,9,15H,8H2,1H3. The van der Waals surface area contributed by atoms with Crippen molar-refractivity contribution >= 4 is 15.9 Å². The molecule has 0 unspecified atom stereocenters. The van der Waals surface area contributed by atoms with E-state index < -0.39 is 0 Å². The van der Waals surface area contributed by atoms with Gasteiger partial charge in [0, 0.05) is 23.3 Å². The Balaban J connectivity index is 2.05. The third-order valence-electron chi connectivity index (χ3n) is 2.21. The molecule has 0 aliphatic rings. The van der Waals surface area contributed by atoms with Crippen LogP contribution in [0, 0.1) is 0 Å². The highest BCUT2D eigenvalue weighted by Gasteiger charge is 1.99. The van der Waals surface area contributed by atoms with Gasteiger partial charge in [0.2, 0.25) is 5.88 Å². The van der Waals surface area contributed by atoms with E-state index in [1.54, 1.807) is 0 Å². The van der Waals surface area contributed by atoms with Crippen LogP contribution in [0.5, 0.6) is 11.6 Å². The Labute approximate surface area is 109 Å². The summed E-state index contributed by atoms with van der Waals surface area (Å²) >= 11 is 3.38. The van der Waals surface area contributed by atoms with E-state index in [9.17, 15) is 0 Å². The molecule has 1 aromatic carbocycles. The van der Waals surface area contributed by atoms with Crippen molar-refractivity contribution in [3.05, 3.63) is 52.6 Å². The maximum Gasteiger partial charge on any atom is 0.219 e. The van der Waals surface area contributed by atoms with Crippen LogP contribution in [-0.4, -0.2) is 12.0 Å². The molecule has 0 amide bonds. The smallest absolute Gasteiger partial charge is 0.219 e. The summed E-state index contributed by atoms with van der Waals surface area (Å²) < 4.78 is 6.64. The third kappa shape index (κ3) is 3.54. The van der Waals surface area contributed by atoms with Crippen LogP contribution >= 0.6 is 15.9 Å². The second-order valence-corrected chi connectivity index (χ2v) is 4.51. The number of nitrogens with zero attached hydrogens (tertiary/aromatic N) is 1. The molecule has 2 rings (SSSR count). The molecule has 0 saturated heterocycles. The second-order valence-electron chi connectivity index (χ2n) is 3.59. The molecule has 0 radical (unpaired) electrons. The number of aromatic nitrogens is 1. The highest BCUT2D eigenvalue weighted by atomic mass is 79.9. The zero-order valence-corrected chi connectivity index (χ0v) is 11.1. The highest BCUT2D eigenvalue weighted by molar-refractivity contribution is 9.10. The van der Waals surface area contributed by atoms with Crippen LogP contribution in [0.25, 0.3) is 0 Å². The Bertz CT molecular complexity index is 468. The molecule has 2 aromatic rings. The first-order valence-electron chi connectivity index (χ1n) is 5.31. The molecule has 17 heavy (non-hydrogen) atoms. The molecule has 3 nitrogen and oxygen atoms in total. The zero-order valence-electron chi connectivity index (χ0n) is 9.48. The van der Waals surface area contributed by atoms with Gasteiger partial charge in [0.05, 0.1) is 0 Å². The summed E-state index contributed by atoms with van der Waals surface area (Å²) in [6.45, 7) is 0.811. The van der Waals surface area contributed by atoms with Crippen molar-refractivity contribution < 1.29 is 4.74 Å². The maximum atomic E-state index is 5.61. The summed E-state index contributed by atoms with van der Waals surface area (Å²) in [5, 5.41) is 3.07. The molecule has 1 N–H and O–H groups in total. The van der Waals surface area contributed by atoms with E-state index in [-0.39, 0.29) is 0 Å². The van der Waals surface area contributed by atoms with Crippen LogP contribution in [0.15, 0.2) is 47.1 Å².